The molecule has 2 aromatic carbocycles. The van der Waals surface area contributed by atoms with Crippen LogP contribution in [0.25, 0.3) is 22.4 Å². The van der Waals surface area contributed by atoms with Crippen LogP contribution in [0.15, 0.2) is 51.9 Å². The van der Waals surface area contributed by atoms with E-state index in [1.54, 1.807) is 6.07 Å². The largest absolute Gasteiger partial charge is 0.494 e. The second-order valence-electron chi connectivity index (χ2n) is 6.04. The van der Waals surface area contributed by atoms with Crippen molar-refractivity contribution in [2.45, 2.75) is 11.4 Å². The number of nitrogens with zero attached hydrogens (tertiary/aromatic N) is 1. The highest BCUT2D eigenvalue weighted by Crippen LogP contribution is 2.36. The molecule has 0 saturated carbocycles. The lowest BCUT2D eigenvalue weighted by Gasteiger charge is -2.08. The van der Waals surface area contributed by atoms with Gasteiger partial charge in [0.25, 0.3) is 0 Å². The van der Waals surface area contributed by atoms with E-state index >= 15 is 0 Å². The number of urea groups is 1. The van der Waals surface area contributed by atoms with Gasteiger partial charge in [0.2, 0.25) is 10.0 Å². The van der Waals surface area contributed by atoms with Gasteiger partial charge in [-0.05, 0) is 35.9 Å². The standard InChI is InChI=1S/C18H17FN4O6S/c1-28-14-7-4-11(8-13(14)19)17-16(15(29-23-17)9-21-18(24)22-25)10-2-5-12(6-3-10)30(20,26)27/h2-8,25H,9H2,1H3,(H2,20,26,27)(H2,21,22,24). The molecule has 5 N–H and O–H groups in total. The highest BCUT2D eigenvalue weighted by molar-refractivity contribution is 7.89. The number of rotatable bonds is 6. The Hall–Kier alpha value is -3.48. The first-order chi connectivity index (χ1) is 14.2. The van der Waals surface area contributed by atoms with Gasteiger partial charge in [-0.25, -0.2) is 28.2 Å². The third-order valence-corrected chi connectivity index (χ3v) is 5.10. The molecule has 0 bridgehead atoms. The maximum atomic E-state index is 14.2. The van der Waals surface area contributed by atoms with Crippen LogP contribution in [-0.2, 0) is 16.6 Å². The number of aromatic nitrogens is 1. The van der Waals surface area contributed by atoms with Crippen LogP contribution in [0, 0.1) is 5.82 Å². The molecule has 1 aromatic heterocycles. The minimum Gasteiger partial charge on any atom is -0.494 e. The third kappa shape index (κ3) is 4.40. The van der Waals surface area contributed by atoms with E-state index in [2.05, 4.69) is 10.5 Å². The Morgan fingerprint density at radius 2 is 1.90 bits per heavy atom. The molecule has 0 spiro atoms. The molecule has 1 heterocycles. The molecule has 30 heavy (non-hydrogen) atoms. The zero-order valence-electron chi connectivity index (χ0n) is 15.5. The molecule has 0 unspecified atom stereocenters. The third-order valence-electron chi connectivity index (χ3n) is 4.17. The van der Waals surface area contributed by atoms with Gasteiger partial charge in [-0.3, -0.25) is 5.21 Å². The SMILES string of the molecule is COc1ccc(-c2noc(CNC(=O)NO)c2-c2ccc(S(N)(=O)=O)cc2)cc1F. The maximum Gasteiger partial charge on any atom is 0.338 e. The summed E-state index contributed by atoms with van der Waals surface area (Å²) in [4.78, 5) is 11.2. The second-order valence-corrected chi connectivity index (χ2v) is 7.60. The number of sulfonamides is 1. The summed E-state index contributed by atoms with van der Waals surface area (Å²) >= 11 is 0. The van der Waals surface area contributed by atoms with E-state index in [0.717, 1.165) is 0 Å². The fraction of sp³-hybridized carbons (Fsp3) is 0.111. The van der Waals surface area contributed by atoms with Gasteiger partial charge < -0.3 is 14.6 Å². The maximum absolute atomic E-state index is 14.2. The number of amides is 2. The number of carbonyl (C=O) groups excluding carboxylic acids is 1. The second kappa shape index (κ2) is 8.49. The Morgan fingerprint density at radius 1 is 1.23 bits per heavy atom. The minimum absolute atomic E-state index is 0.0443. The van der Waals surface area contributed by atoms with Crippen molar-refractivity contribution in [2.75, 3.05) is 7.11 Å². The number of hydrogen-bond acceptors (Lipinski definition) is 7. The van der Waals surface area contributed by atoms with Gasteiger partial charge in [0.1, 0.15) is 5.69 Å². The molecule has 10 nitrogen and oxygen atoms in total. The number of halogens is 1. The normalized spacial score (nSPS) is 11.2. The highest BCUT2D eigenvalue weighted by Gasteiger charge is 2.21. The first-order valence-electron chi connectivity index (χ1n) is 8.38. The number of nitrogens with two attached hydrogens (primary N) is 1. The molecule has 0 fully saturated rings. The molecule has 0 radical (unpaired) electrons. The zero-order chi connectivity index (χ0) is 21.9. The fourth-order valence-corrected chi connectivity index (χ4v) is 3.28. The lowest BCUT2D eigenvalue weighted by molar-refractivity contribution is 0.160. The van der Waals surface area contributed by atoms with E-state index in [-0.39, 0.29) is 28.6 Å². The monoisotopic (exact) mass is 436 g/mol. The van der Waals surface area contributed by atoms with E-state index < -0.39 is 21.9 Å². The van der Waals surface area contributed by atoms with Gasteiger partial charge in [-0.15, -0.1) is 0 Å². The summed E-state index contributed by atoms with van der Waals surface area (Å²) in [7, 11) is -2.56. The molecule has 3 aromatic rings. The van der Waals surface area contributed by atoms with Crippen molar-refractivity contribution in [2.24, 2.45) is 5.14 Å². The van der Waals surface area contributed by atoms with Gasteiger partial charge in [0, 0.05) is 5.56 Å². The van der Waals surface area contributed by atoms with E-state index in [1.807, 2.05) is 0 Å². The first-order valence-corrected chi connectivity index (χ1v) is 9.93. The van der Waals surface area contributed by atoms with Crippen molar-refractivity contribution in [1.29, 1.82) is 0 Å². The van der Waals surface area contributed by atoms with Crippen LogP contribution >= 0.6 is 0 Å². The summed E-state index contributed by atoms with van der Waals surface area (Å²) in [5, 5.41) is 20.1. The molecule has 0 aliphatic heterocycles. The molecule has 3 rings (SSSR count). The lowest BCUT2D eigenvalue weighted by atomic mass is 9.99. The van der Waals surface area contributed by atoms with Gasteiger partial charge in [0.05, 0.1) is 24.1 Å². The number of hydrogen-bond donors (Lipinski definition) is 4. The van der Waals surface area contributed by atoms with Crippen molar-refractivity contribution < 1.29 is 32.1 Å². The summed E-state index contributed by atoms with van der Waals surface area (Å²) in [6.07, 6.45) is 0. The predicted octanol–water partition coefficient (Wildman–Crippen LogP) is 1.99. The average molecular weight is 436 g/mol. The van der Waals surface area contributed by atoms with Gasteiger partial charge in [0.15, 0.2) is 17.3 Å². The summed E-state index contributed by atoms with van der Waals surface area (Å²) < 4.78 is 47.5. The first kappa shape index (κ1) is 21.2. The van der Waals surface area contributed by atoms with Crippen LogP contribution in [0.4, 0.5) is 9.18 Å². The molecule has 0 aliphatic rings. The minimum atomic E-state index is -3.89. The number of primary sulfonamides is 1. The fourth-order valence-electron chi connectivity index (χ4n) is 2.76. The smallest absolute Gasteiger partial charge is 0.338 e. The number of methoxy groups -OCH3 is 1. The summed E-state index contributed by atoms with van der Waals surface area (Å²) in [5.74, 6) is -0.385. The molecule has 0 aliphatic carbocycles. The summed E-state index contributed by atoms with van der Waals surface area (Å²) in [6, 6.07) is 8.87. The van der Waals surface area contributed by atoms with Gasteiger partial charge >= 0.3 is 6.03 Å². The Labute approximate surface area is 170 Å². The Kier molecular flexibility index (Phi) is 6.01. The van der Waals surface area contributed by atoms with Crippen LogP contribution in [0.3, 0.4) is 0 Å². The zero-order valence-corrected chi connectivity index (χ0v) is 16.4. The van der Waals surface area contributed by atoms with Crippen molar-refractivity contribution in [3.8, 4) is 28.1 Å². The van der Waals surface area contributed by atoms with E-state index in [1.165, 1.54) is 49.0 Å². The van der Waals surface area contributed by atoms with Gasteiger partial charge in [-0.1, -0.05) is 17.3 Å². The number of benzene rings is 2. The van der Waals surface area contributed by atoms with Crippen LogP contribution in [0.5, 0.6) is 5.75 Å². The molecule has 12 heteroatoms. The van der Waals surface area contributed by atoms with Crippen molar-refractivity contribution >= 4 is 16.1 Å². The van der Waals surface area contributed by atoms with E-state index in [4.69, 9.17) is 19.6 Å². The molecular weight excluding hydrogens is 419 g/mol. The molecule has 158 valence electrons. The number of ether oxygens (including phenoxy) is 1. The molecule has 0 atom stereocenters. The Morgan fingerprint density at radius 3 is 2.47 bits per heavy atom. The van der Waals surface area contributed by atoms with Crippen LogP contribution < -0.4 is 20.7 Å². The van der Waals surface area contributed by atoms with E-state index in [9.17, 15) is 17.6 Å². The number of nitrogens with one attached hydrogen (secondary N) is 2. The highest BCUT2D eigenvalue weighted by atomic mass is 32.2. The number of carbonyl (C=O) groups is 1. The quantitative estimate of drug-likeness (QED) is 0.340. The van der Waals surface area contributed by atoms with Crippen LogP contribution in [-0.4, -0.2) is 31.9 Å². The van der Waals surface area contributed by atoms with Crippen molar-refractivity contribution in [3.63, 3.8) is 0 Å². The summed E-state index contributed by atoms with van der Waals surface area (Å²) in [5.41, 5.74) is 2.90. The van der Waals surface area contributed by atoms with Crippen LogP contribution in [0.1, 0.15) is 5.76 Å². The topological polar surface area (TPSA) is 157 Å². The average Bonchev–Trinajstić information content (AvgIpc) is 3.15. The Balaban J connectivity index is 2.11. The molecule has 2 amide bonds. The van der Waals surface area contributed by atoms with Gasteiger partial charge in [-0.2, -0.15) is 0 Å². The summed E-state index contributed by atoms with van der Waals surface area (Å²) in [6.45, 7) is -0.162. The van der Waals surface area contributed by atoms with Crippen LogP contribution in [0.2, 0.25) is 0 Å². The Bertz CT molecular complexity index is 1180. The van der Waals surface area contributed by atoms with Crippen molar-refractivity contribution in [3.05, 3.63) is 54.0 Å². The number of hydroxylamine groups is 1. The van der Waals surface area contributed by atoms with Crippen molar-refractivity contribution in [1.82, 2.24) is 16.0 Å². The lowest BCUT2D eigenvalue weighted by Crippen LogP contribution is -2.32. The van der Waals surface area contributed by atoms with E-state index in [0.29, 0.717) is 16.7 Å². The molecular formula is C18H17FN4O6S. The predicted molar refractivity (Wildman–Crippen MR) is 102 cm³/mol. The molecule has 0 saturated heterocycles.